The Morgan fingerprint density at radius 2 is 1.70 bits per heavy atom. The molecule has 0 heterocycles. The van der Waals surface area contributed by atoms with Crippen LogP contribution in [0, 0.1) is 6.92 Å². The van der Waals surface area contributed by atoms with Gasteiger partial charge < -0.3 is 5.73 Å². The topological polar surface area (TPSA) is 26.0 Å². The van der Waals surface area contributed by atoms with E-state index >= 15 is 0 Å². The monoisotopic (exact) mass is 343 g/mol. The largest absolute Gasteiger partial charge is 0.416 e. The Bertz CT molecular complexity index is 623. The maximum atomic E-state index is 12.7. The summed E-state index contributed by atoms with van der Waals surface area (Å²) in [5.74, 6) is 0. The van der Waals surface area contributed by atoms with E-state index in [4.69, 9.17) is 5.73 Å². The van der Waals surface area contributed by atoms with Gasteiger partial charge in [0.1, 0.15) is 0 Å². The van der Waals surface area contributed by atoms with Crippen molar-refractivity contribution in [3.8, 4) is 0 Å². The van der Waals surface area contributed by atoms with Gasteiger partial charge in [0.05, 0.1) is 11.6 Å². The predicted octanol–water partition coefficient (Wildman–Crippen LogP) is 4.82. The SMILES string of the molecule is Cc1cc(C(N)c2cccc(C(F)(F)F)c2)ccc1Br. The van der Waals surface area contributed by atoms with Crippen LogP contribution in [0.2, 0.25) is 0 Å². The normalized spacial score (nSPS) is 13.3. The van der Waals surface area contributed by atoms with Crippen molar-refractivity contribution in [3.05, 3.63) is 69.2 Å². The molecule has 0 radical (unpaired) electrons. The van der Waals surface area contributed by atoms with Crippen LogP contribution in [0.15, 0.2) is 46.9 Å². The first-order chi connectivity index (χ1) is 9.29. The summed E-state index contributed by atoms with van der Waals surface area (Å²) < 4.78 is 39.1. The van der Waals surface area contributed by atoms with Crippen molar-refractivity contribution in [1.82, 2.24) is 0 Å². The fourth-order valence-corrected chi connectivity index (χ4v) is 2.21. The quantitative estimate of drug-likeness (QED) is 0.830. The molecule has 0 aliphatic carbocycles. The average Bonchev–Trinajstić information content (AvgIpc) is 2.40. The molecule has 1 atom stereocenters. The molecule has 0 aliphatic heterocycles. The molecule has 0 aromatic heterocycles. The number of rotatable bonds is 2. The maximum absolute atomic E-state index is 12.7. The van der Waals surface area contributed by atoms with Gasteiger partial charge in [-0.3, -0.25) is 0 Å². The Morgan fingerprint density at radius 1 is 1.05 bits per heavy atom. The number of hydrogen-bond acceptors (Lipinski definition) is 1. The van der Waals surface area contributed by atoms with Crippen molar-refractivity contribution >= 4 is 15.9 Å². The number of benzene rings is 2. The van der Waals surface area contributed by atoms with Gasteiger partial charge in [-0.25, -0.2) is 0 Å². The summed E-state index contributed by atoms with van der Waals surface area (Å²) in [5, 5.41) is 0. The molecular formula is C15H13BrF3N. The second-order valence-electron chi connectivity index (χ2n) is 4.61. The summed E-state index contributed by atoms with van der Waals surface area (Å²) in [7, 11) is 0. The molecule has 2 aromatic rings. The first-order valence-corrected chi connectivity index (χ1v) is 6.77. The van der Waals surface area contributed by atoms with E-state index in [0.29, 0.717) is 5.56 Å². The van der Waals surface area contributed by atoms with Crippen molar-refractivity contribution in [2.45, 2.75) is 19.1 Å². The van der Waals surface area contributed by atoms with E-state index in [9.17, 15) is 13.2 Å². The van der Waals surface area contributed by atoms with E-state index in [1.54, 1.807) is 6.07 Å². The number of halogens is 4. The number of hydrogen-bond donors (Lipinski definition) is 1. The van der Waals surface area contributed by atoms with E-state index in [2.05, 4.69) is 15.9 Å². The van der Waals surface area contributed by atoms with Crippen molar-refractivity contribution in [3.63, 3.8) is 0 Å². The zero-order valence-electron chi connectivity index (χ0n) is 10.7. The lowest BCUT2D eigenvalue weighted by Gasteiger charge is -2.16. The molecule has 20 heavy (non-hydrogen) atoms. The number of nitrogens with two attached hydrogens (primary N) is 1. The van der Waals surface area contributed by atoms with Crippen LogP contribution in [-0.2, 0) is 6.18 Å². The molecule has 1 unspecified atom stereocenters. The van der Waals surface area contributed by atoms with Gasteiger partial charge >= 0.3 is 6.18 Å². The van der Waals surface area contributed by atoms with Crippen LogP contribution in [0.1, 0.15) is 28.3 Å². The molecular weight excluding hydrogens is 331 g/mol. The summed E-state index contributed by atoms with van der Waals surface area (Å²) in [4.78, 5) is 0. The summed E-state index contributed by atoms with van der Waals surface area (Å²) in [6.45, 7) is 1.91. The van der Waals surface area contributed by atoms with E-state index in [0.717, 1.165) is 27.7 Å². The Morgan fingerprint density at radius 3 is 2.30 bits per heavy atom. The zero-order chi connectivity index (χ0) is 14.9. The Kier molecular flexibility index (Phi) is 4.20. The Labute approximate surface area is 123 Å². The van der Waals surface area contributed by atoms with Gasteiger partial charge in [0.2, 0.25) is 0 Å². The van der Waals surface area contributed by atoms with Crippen molar-refractivity contribution in [2.75, 3.05) is 0 Å². The first kappa shape index (κ1) is 15.1. The summed E-state index contributed by atoms with van der Waals surface area (Å²) in [5.41, 5.74) is 7.60. The molecule has 2 aromatic carbocycles. The fraction of sp³-hybridized carbons (Fsp3) is 0.200. The molecule has 0 bridgehead atoms. The molecule has 0 saturated heterocycles. The minimum Gasteiger partial charge on any atom is -0.320 e. The lowest BCUT2D eigenvalue weighted by atomic mass is 9.97. The Hall–Kier alpha value is -1.33. The summed E-state index contributed by atoms with van der Waals surface area (Å²) in [6.07, 6.45) is -4.36. The highest BCUT2D eigenvalue weighted by Crippen LogP contribution is 2.32. The molecule has 2 rings (SSSR count). The fourth-order valence-electron chi connectivity index (χ4n) is 1.96. The highest BCUT2D eigenvalue weighted by molar-refractivity contribution is 9.10. The standard InChI is InChI=1S/C15H13BrF3N/c1-9-7-11(5-6-13(9)16)14(20)10-3-2-4-12(8-10)15(17,18)19/h2-8,14H,20H2,1H3. The smallest absolute Gasteiger partial charge is 0.320 e. The number of alkyl halides is 3. The summed E-state index contributed by atoms with van der Waals surface area (Å²) >= 11 is 3.38. The van der Waals surface area contributed by atoms with Gasteiger partial charge in [-0.2, -0.15) is 13.2 Å². The molecule has 0 amide bonds. The van der Waals surface area contributed by atoms with Crippen LogP contribution in [0.4, 0.5) is 13.2 Å². The second kappa shape index (κ2) is 5.58. The molecule has 1 nitrogen and oxygen atoms in total. The lowest BCUT2D eigenvalue weighted by Crippen LogP contribution is -2.14. The molecule has 2 N–H and O–H groups in total. The zero-order valence-corrected chi connectivity index (χ0v) is 12.3. The van der Waals surface area contributed by atoms with E-state index in [1.807, 2.05) is 25.1 Å². The highest BCUT2D eigenvalue weighted by atomic mass is 79.9. The van der Waals surface area contributed by atoms with Gasteiger partial charge in [0, 0.05) is 4.47 Å². The molecule has 106 valence electrons. The van der Waals surface area contributed by atoms with Gasteiger partial charge in [-0.1, -0.05) is 40.2 Å². The summed E-state index contributed by atoms with van der Waals surface area (Å²) in [6, 6.07) is 10.1. The third kappa shape index (κ3) is 3.22. The minimum absolute atomic E-state index is 0.446. The van der Waals surface area contributed by atoms with Gasteiger partial charge in [-0.05, 0) is 41.8 Å². The third-order valence-corrected chi connectivity index (χ3v) is 4.00. The van der Waals surface area contributed by atoms with Crippen LogP contribution < -0.4 is 5.73 Å². The third-order valence-electron chi connectivity index (χ3n) is 3.11. The van der Waals surface area contributed by atoms with Crippen molar-refractivity contribution in [2.24, 2.45) is 5.73 Å². The molecule has 0 saturated carbocycles. The first-order valence-electron chi connectivity index (χ1n) is 5.98. The molecule has 0 spiro atoms. The molecule has 0 aliphatic rings. The van der Waals surface area contributed by atoms with Crippen LogP contribution in [0.5, 0.6) is 0 Å². The van der Waals surface area contributed by atoms with Crippen molar-refractivity contribution < 1.29 is 13.2 Å². The Balaban J connectivity index is 2.38. The van der Waals surface area contributed by atoms with Crippen LogP contribution in [-0.4, -0.2) is 0 Å². The van der Waals surface area contributed by atoms with Gasteiger partial charge in [-0.15, -0.1) is 0 Å². The van der Waals surface area contributed by atoms with Crippen LogP contribution in [0.3, 0.4) is 0 Å². The lowest BCUT2D eigenvalue weighted by molar-refractivity contribution is -0.137. The second-order valence-corrected chi connectivity index (χ2v) is 5.46. The maximum Gasteiger partial charge on any atom is 0.416 e. The van der Waals surface area contributed by atoms with Crippen molar-refractivity contribution in [1.29, 1.82) is 0 Å². The molecule has 0 fully saturated rings. The molecule has 5 heteroatoms. The van der Waals surface area contributed by atoms with E-state index in [1.165, 1.54) is 6.07 Å². The van der Waals surface area contributed by atoms with Crippen LogP contribution in [0.25, 0.3) is 0 Å². The van der Waals surface area contributed by atoms with E-state index in [-0.39, 0.29) is 0 Å². The van der Waals surface area contributed by atoms with Gasteiger partial charge in [0.25, 0.3) is 0 Å². The van der Waals surface area contributed by atoms with Crippen LogP contribution >= 0.6 is 15.9 Å². The van der Waals surface area contributed by atoms with E-state index < -0.39 is 17.8 Å². The average molecular weight is 344 g/mol. The minimum atomic E-state index is -4.36. The highest BCUT2D eigenvalue weighted by Gasteiger charge is 2.30. The van der Waals surface area contributed by atoms with Gasteiger partial charge in [0.15, 0.2) is 0 Å². The predicted molar refractivity (Wildman–Crippen MR) is 76.4 cm³/mol. The number of aryl methyl sites for hydroxylation is 1.